The third-order valence-corrected chi connectivity index (χ3v) is 3.78. The third kappa shape index (κ3) is 4.32. The summed E-state index contributed by atoms with van der Waals surface area (Å²) in [6.07, 6.45) is 6.30. The Morgan fingerprint density at radius 2 is 2.11 bits per heavy atom. The van der Waals surface area contributed by atoms with Crippen LogP contribution in [0, 0.1) is 16.7 Å². The molecule has 0 fully saturated rings. The van der Waals surface area contributed by atoms with Gasteiger partial charge in [-0.3, -0.25) is 4.79 Å². The second kappa shape index (κ2) is 7.48. The lowest BCUT2D eigenvalue weighted by Crippen LogP contribution is -2.17. The Kier molecular flexibility index (Phi) is 5.09. The molecule has 0 spiro atoms. The normalized spacial score (nSPS) is 12.0. The van der Waals surface area contributed by atoms with Crippen LogP contribution < -0.4 is 10.5 Å². The van der Waals surface area contributed by atoms with E-state index in [0.717, 1.165) is 5.56 Å². The molecule has 0 radical (unpaired) electrons. The molecule has 3 heterocycles. The number of fused-ring (bicyclic) bond motifs is 1. The number of carbonyl (C=O) groups is 1. The molecule has 3 aromatic heterocycles. The van der Waals surface area contributed by atoms with Crippen LogP contribution in [0.15, 0.2) is 36.3 Å². The van der Waals surface area contributed by atoms with E-state index in [1.165, 1.54) is 6.08 Å². The zero-order valence-corrected chi connectivity index (χ0v) is 15.9. The van der Waals surface area contributed by atoms with Crippen molar-refractivity contribution in [2.45, 2.75) is 20.8 Å². The minimum atomic E-state index is -0.795. The number of hydrogen-bond donors (Lipinski definition) is 2. The van der Waals surface area contributed by atoms with Crippen LogP contribution in [0.4, 0.5) is 0 Å². The molecule has 0 aliphatic carbocycles. The molecular formula is C20H20N6O2. The first-order valence-electron chi connectivity index (χ1n) is 8.62. The van der Waals surface area contributed by atoms with Gasteiger partial charge in [-0.2, -0.15) is 5.26 Å². The summed E-state index contributed by atoms with van der Waals surface area (Å²) in [6.45, 7) is 6.83. The van der Waals surface area contributed by atoms with Crippen LogP contribution in [-0.2, 0) is 4.79 Å². The number of aromatic nitrogens is 4. The van der Waals surface area contributed by atoms with Crippen LogP contribution in [0.2, 0.25) is 0 Å². The number of primary amides is 1. The fourth-order valence-electron chi connectivity index (χ4n) is 2.38. The highest BCUT2D eigenvalue weighted by atomic mass is 16.5. The molecule has 3 rings (SSSR count). The van der Waals surface area contributed by atoms with E-state index in [9.17, 15) is 4.79 Å². The molecule has 8 nitrogen and oxygen atoms in total. The Morgan fingerprint density at radius 3 is 2.71 bits per heavy atom. The quantitative estimate of drug-likeness (QED) is 0.520. The predicted octanol–water partition coefficient (Wildman–Crippen LogP) is 2.84. The summed E-state index contributed by atoms with van der Waals surface area (Å²) in [7, 11) is 0. The highest BCUT2D eigenvalue weighted by Crippen LogP contribution is 2.23. The maximum atomic E-state index is 11.3. The predicted molar refractivity (Wildman–Crippen MR) is 105 cm³/mol. The van der Waals surface area contributed by atoms with Crippen LogP contribution in [0.5, 0.6) is 5.88 Å². The molecule has 0 saturated carbocycles. The lowest BCUT2D eigenvalue weighted by molar-refractivity contribution is -0.114. The van der Waals surface area contributed by atoms with Gasteiger partial charge in [0.15, 0.2) is 5.65 Å². The monoisotopic (exact) mass is 376 g/mol. The maximum absolute atomic E-state index is 11.3. The fraction of sp³-hybridized carbons (Fsp3) is 0.250. The van der Waals surface area contributed by atoms with Crippen molar-refractivity contribution in [3.63, 3.8) is 0 Å². The van der Waals surface area contributed by atoms with E-state index in [1.54, 1.807) is 30.7 Å². The Bertz CT molecular complexity index is 1080. The summed E-state index contributed by atoms with van der Waals surface area (Å²) >= 11 is 0. The SMILES string of the molecule is CC(C)(C)COc1ccc(-c2cnc3[nH]cc(C=C(C#N)C(N)=O)c3n2)cn1. The van der Waals surface area contributed by atoms with E-state index in [-0.39, 0.29) is 11.0 Å². The molecule has 0 bridgehead atoms. The van der Waals surface area contributed by atoms with Crippen LogP contribution in [-0.4, -0.2) is 32.4 Å². The number of ether oxygens (including phenoxy) is 1. The first-order valence-corrected chi connectivity index (χ1v) is 8.62. The van der Waals surface area contributed by atoms with Crippen molar-refractivity contribution in [3.8, 4) is 23.2 Å². The van der Waals surface area contributed by atoms with E-state index in [2.05, 4.69) is 40.7 Å². The van der Waals surface area contributed by atoms with Crippen molar-refractivity contribution in [2.24, 2.45) is 11.1 Å². The number of nitrogens with two attached hydrogens (primary N) is 1. The highest BCUT2D eigenvalue weighted by molar-refractivity contribution is 6.02. The van der Waals surface area contributed by atoms with Gasteiger partial charge in [-0.15, -0.1) is 0 Å². The van der Waals surface area contributed by atoms with E-state index in [1.807, 2.05) is 6.07 Å². The van der Waals surface area contributed by atoms with E-state index in [0.29, 0.717) is 34.9 Å². The number of carbonyl (C=O) groups excluding carboxylic acids is 1. The summed E-state index contributed by atoms with van der Waals surface area (Å²) in [6, 6.07) is 5.42. The van der Waals surface area contributed by atoms with Crippen molar-refractivity contribution in [1.82, 2.24) is 19.9 Å². The number of H-pyrrole nitrogens is 1. The van der Waals surface area contributed by atoms with Gasteiger partial charge < -0.3 is 15.5 Å². The van der Waals surface area contributed by atoms with Crippen molar-refractivity contribution in [1.29, 1.82) is 5.26 Å². The van der Waals surface area contributed by atoms with Gasteiger partial charge in [-0.25, -0.2) is 15.0 Å². The molecule has 3 aromatic rings. The minimum Gasteiger partial charge on any atom is -0.477 e. The molecule has 0 saturated heterocycles. The Morgan fingerprint density at radius 1 is 1.32 bits per heavy atom. The molecule has 0 aliphatic rings. The number of nitriles is 1. The van der Waals surface area contributed by atoms with Crippen molar-refractivity contribution < 1.29 is 9.53 Å². The van der Waals surface area contributed by atoms with Crippen molar-refractivity contribution in [3.05, 3.63) is 41.9 Å². The zero-order valence-electron chi connectivity index (χ0n) is 15.9. The van der Waals surface area contributed by atoms with Gasteiger partial charge >= 0.3 is 0 Å². The van der Waals surface area contributed by atoms with Crippen LogP contribution in [0.1, 0.15) is 26.3 Å². The van der Waals surface area contributed by atoms with Crippen LogP contribution in [0.25, 0.3) is 28.5 Å². The van der Waals surface area contributed by atoms with Gasteiger partial charge in [0.25, 0.3) is 5.91 Å². The number of aromatic amines is 1. The largest absolute Gasteiger partial charge is 0.477 e. The van der Waals surface area contributed by atoms with Crippen LogP contribution in [0.3, 0.4) is 0 Å². The molecule has 3 N–H and O–H groups in total. The number of pyridine rings is 1. The van der Waals surface area contributed by atoms with Gasteiger partial charge in [0.2, 0.25) is 5.88 Å². The smallest absolute Gasteiger partial charge is 0.259 e. The topological polar surface area (TPSA) is 131 Å². The lowest BCUT2D eigenvalue weighted by Gasteiger charge is -2.18. The summed E-state index contributed by atoms with van der Waals surface area (Å²) in [5, 5.41) is 9.03. The molecule has 0 atom stereocenters. The van der Waals surface area contributed by atoms with Crippen molar-refractivity contribution in [2.75, 3.05) is 6.61 Å². The maximum Gasteiger partial charge on any atom is 0.259 e. The van der Waals surface area contributed by atoms with Crippen LogP contribution >= 0.6 is 0 Å². The number of nitrogens with one attached hydrogen (secondary N) is 1. The van der Waals surface area contributed by atoms with Crippen molar-refractivity contribution >= 4 is 23.1 Å². The number of rotatable bonds is 5. The molecular weight excluding hydrogens is 356 g/mol. The van der Waals surface area contributed by atoms with Gasteiger partial charge in [0, 0.05) is 29.6 Å². The zero-order chi connectivity index (χ0) is 20.3. The molecule has 28 heavy (non-hydrogen) atoms. The minimum absolute atomic E-state index is 0.0439. The average molecular weight is 376 g/mol. The fourth-order valence-corrected chi connectivity index (χ4v) is 2.38. The second-order valence-corrected chi connectivity index (χ2v) is 7.46. The molecule has 0 aliphatic heterocycles. The Hall–Kier alpha value is -3.73. The standard InChI is InChI=1S/C20H20N6O2/c1-20(2,3)11-28-16-5-4-12(8-23-16)15-10-25-19-17(26-15)14(9-24-19)6-13(7-21)18(22)27/h4-6,8-10H,11H2,1-3H3,(H2,22,27)(H,24,25). The van der Waals surface area contributed by atoms with E-state index < -0.39 is 5.91 Å². The number of nitrogens with zero attached hydrogens (tertiary/aromatic N) is 4. The van der Waals surface area contributed by atoms with Gasteiger partial charge in [-0.05, 0) is 17.6 Å². The molecule has 8 heteroatoms. The van der Waals surface area contributed by atoms with E-state index >= 15 is 0 Å². The highest BCUT2D eigenvalue weighted by Gasteiger charge is 2.13. The third-order valence-electron chi connectivity index (χ3n) is 3.78. The number of amides is 1. The molecule has 0 aromatic carbocycles. The van der Waals surface area contributed by atoms with Gasteiger partial charge in [0.1, 0.15) is 17.2 Å². The first-order chi connectivity index (χ1) is 13.3. The average Bonchev–Trinajstić information content (AvgIpc) is 3.06. The summed E-state index contributed by atoms with van der Waals surface area (Å²) in [5.41, 5.74) is 8.08. The van der Waals surface area contributed by atoms with Gasteiger partial charge in [0.05, 0.1) is 18.5 Å². The molecule has 142 valence electrons. The lowest BCUT2D eigenvalue weighted by atomic mass is 9.99. The van der Waals surface area contributed by atoms with E-state index in [4.69, 9.17) is 15.7 Å². The molecule has 1 amide bonds. The second-order valence-electron chi connectivity index (χ2n) is 7.46. The Labute approximate surface area is 162 Å². The Balaban J connectivity index is 1.91. The molecule has 0 unspecified atom stereocenters. The van der Waals surface area contributed by atoms with Gasteiger partial charge in [-0.1, -0.05) is 20.8 Å². The number of hydrogen-bond acceptors (Lipinski definition) is 6. The summed E-state index contributed by atoms with van der Waals surface area (Å²) < 4.78 is 5.68. The summed E-state index contributed by atoms with van der Waals surface area (Å²) in [5.74, 6) is -0.255. The first kappa shape index (κ1) is 19.0. The summed E-state index contributed by atoms with van der Waals surface area (Å²) in [4.78, 5) is 27.5.